The molecule has 0 fully saturated rings. The van der Waals surface area contributed by atoms with Crippen LogP contribution in [-0.2, 0) is 9.59 Å². The zero-order valence-electron chi connectivity index (χ0n) is 11.7. The van der Waals surface area contributed by atoms with Crippen molar-refractivity contribution in [2.24, 2.45) is 5.92 Å². The second-order valence-electron chi connectivity index (χ2n) is 5.06. The summed E-state index contributed by atoms with van der Waals surface area (Å²) in [4.78, 5) is 23.2. The number of allylic oxidation sites excluding steroid dienone is 2. The van der Waals surface area contributed by atoms with Gasteiger partial charge in [0.05, 0.1) is 5.69 Å². The van der Waals surface area contributed by atoms with E-state index in [4.69, 9.17) is 0 Å². The number of carbonyl (C=O) groups is 2. The summed E-state index contributed by atoms with van der Waals surface area (Å²) >= 11 is 0. The van der Waals surface area contributed by atoms with Crippen LogP contribution in [0.25, 0.3) is 0 Å². The number of benzene rings is 1. The third-order valence-electron chi connectivity index (χ3n) is 3.39. The molecule has 0 saturated carbocycles. The van der Waals surface area contributed by atoms with Crippen molar-refractivity contribution in [2.45, 2.75) is 19.3 Å². The lowest BCUT2D eigenvalue weighted by Crippen LogP contribution is -2.38. The summed E-state index contributed by atoms with van der Waals surface area (Å²) in [5.41, 5.74) is -0.584. The van der Waals surface area contributed by atoms with Crippen molar-refractivity contribution < 1.29 is 22.8 Å². The Labute approximate surface area is 125 Å². The number of amides is 2. The van der Waals surface area contributed by atoms with E-state index in [1.807, 2.05) is 11.4 Å². The van der Waals surface area contributed by atoms with E-state index in [0.29, 0.717) is 18.7 Å². The molecule has 0 radical (unpaired) electrons. The Balaban J connectivity index is 1.90. The summed E-state index contributed by atoms with van der Waals surface area (Å²) in [6.45, 7) is 0.330. The van der Waals surface area contributed by atoms with Crippen LogP contribution in [0.5, 0.6) is 0 Å². The van der Waals surface area contributed by atoms with E-state index < -0.39 is 35.0 Å². The molecule has 1 aliphatic carbocycles. The van der Waals surface area contributed by atoms with E-state index in [1.54, 1.807) is 0 Å². The van der Waals surface area contributed by atoms with E-state index in [1.165, 1.54) is 0 Å². The number of halogens is 3. The molecule has 1 aliphatic rings. The van der Waals surface area contributed by atoms with Crippen LogP contribution in [0.3, 0.4) is 0 Å². The van der Waals surface area contributed by atoms with Gasteiger partial charge in [0.1, 0.15) is 5.82 Å². The maximum Gasteiger partial charge on any atom is 0.313 e. The Morgan fingerprint density at radius 3 is 2.45 bits per heavy atom. The van der Waals surface area contributed by atoms with Crippen LogP contribution in [0.15, 0.2) is 24.3 Å². The predicted octanol–water partition coefficient (Wildman–Crippen LogP) is 2.51. The van der Waals surface area contributed by atoms with Crippen LogP contribution in [0.4, 0.5) is 18.9 Å². The van der Waals surface area contributed by atoms with Gasteiger partial charge in [0, 0.05) is 18.7 Å². The molecule has 1 atom stereocenters. The van der Waals surface area contributed by atoms with Crippen LogP contribution >= 0.6 is 0 Å². The number of hydrogen-bond donors (Lipinski definition) is 2. The largest absolute Gasteiger partial charge is 0.348 e. The molecule has 0 bridgehead atoms. The molecule has 0 aliphatic heterocycles. The minimum absolute atomic E-state index is 0.252. The molecule has 2 amide bonds. The molecule has 2 rings (SSSR count). The summed E-state index contributed by atoms with van der Waals surface area (Å²) in [6.07, 6.45) is 6.72. The van der Waals surface area contributed by atoms with Gasteiger partial charge in [-0.15, -0.1) is 0 Å². The van der Waals surface area contributed by atoms with E-state index >= 15 is 0 Å². The fourth-order valence-electron chi connectivity index (χ4n) is 2.16. The number of nitrogens with one attached hydrogen (secondary N) is 2. The van der Waals surface area contributed by atoms with Crippen LogP contribution in [0.2, 0.25) is 0 Å². The first-order chi connectivity index (χ1) is 10.5. The molecule has 0 spiro atoms. The molecule has 2 N–H and O–H groups in total. The quantitative estimate of drug-likeness (QED) is 0.512. The normalized spacial score (nSPS) is 17.1. The van der Waals surface area contributed by atoms with Gasteiger partial charge in [-0.25, -0.2) is 13.2 Å². The topological polar surface area (TPSA) is 58.2 Å². The first kappa shape index (κ1) is 16.1. The maximum atomic E-state index is 13.4. The highest BCUT2D eigenvalue weighted by atomic mass is 19.2. The number of hydrogen-bond acceptors (Lipinski definition) is 2. The fraction of sp³-hybridized carbons (Fsp3) is 0.333. The zero-order valence-corrected chi connectivity index (χ0v) is 11.7. The van der Waals surface area contributed by atoms with Crippen LogP contribution in [0, 0.1) is 23.4 Å². The van der Waals surface area contributed by atoms with Gasteiger partial charge in [-0.1, -0.05) is 12.2 Å². The fourth-order valence-corrected chi connectivity index (χ4v) is 2.16. The minimum atomic E-state index is -1.37. The van der Waals surface area contributed by atoms with Gasteiger partial charge < -0.3 is 10.6 Å². The third kappa shape index (κ3) is 4.09. The zero-order chi connectivity index (χ0) is 16.1. The lowest BCUT2D eigenvalue weighted by molar-refractivity contribution is -0.136. The van der Waals surface area contributed by atoms with Gasteiger partial charge in [-0.3, -0.25) is 9.59 Å². The molecule has 22 heavy (non-hydrogen) atoms. The van der Waals surface area contributed by atoms with Crippen molar-refractivity contribution in [1.82, 2.24) is 5.32 Å². The smallest absolute Gasteiger partial charge is 0.313 e. The van der Waals surface area contributed by atoms with E-state index in [2.05, 4.69) is 11.4 Å². The Bertz CT molecular complexity index is 617. The van der Waals surface area contributed by atoms with Gasteiger partial charge in [0.2, 0.25) is 0 Å². The Morgan fingerprint density at radius 1 is 1.05 bits per heavy atom. The van der Waals surface area contributed by atoms with Crippen molar-refractivity contribution in [1.29, 1.82) is 0 Å². The SMILES string of the molecule is O=C(NC[C@H]1CC=CCC1)C(=O)Nc1cc(F)c(F)cc1F. The first-order valence-electron chi connectivity index (χ1n) is 6.86. The Kier molecular flexibility index (Phi) is 5.19. The predicted molar refractivity (Wildman–Crippen MR) is 74.4 cm³/mol. The van der Waals surface area contributed by atoms with E-state index in [9.17, 15) is 22.8 Å². The highest BCUT2D eigenvalue weighted by Gasteiger charge is 2.19. The third-order valence-corrected chi connectivity index (χ3v) is 3.39. The molecule has 1 aromatic rings. The van der Waals surface area contributed by atoms with Crippen molar-refractivity contribution >= 4 is 17.5 Å². The van der Waals surface area contributed by atoms with Crippen molar-refractivity contribution in [3.63, 3.8) is 0 Å². The second kappa shape index (κ2) is 7.11. The van der Waals surface area contributed by atoms with Gasteiger partial charge >= 0.3 is 11.8 Å². The van der Waals surface area contributed by atoms with Gasteiger partial charge in [-0.2, -0.15) is 0 Å². The average molecular weight is 312 g/mol. The Hall–Kier alpha value is -2.31. The summed E-state index contributed by atoms with van der Waals surface area (Å²) < 4.78 is 39.1. The van der Waals surface area contributed by atoms with E-state index in [0.717, 1.165) is 19.3 Å². The van der Waals surface area contributed by atoms with Gasteiger partial charge in [0.25, 0.3) is 0 Å². The van der Waals surface area contributed by atoms with Crippen molar-refractivity contribution in [2.75, 3.05) is 11.9 Å². The molecular formula is C15H15F3N2O2. The van der Waals surface area contributed by atoms with Crippen molar-refractivity contribution in [3.05, 3.63) is 41.7 Å². The number of rotatable bonds is 3. The highest BCUT2D eigenvalue weighted by molar-refractivity contribution is 6.39. The van der Waals surface area contributed by atoms with Crippen LogP contribution in [0.1, 0.15) is 19.3 Å². The second-order valence-corrected chi connectivity index (χ2v) is 5.06. The van der Waals surface area contributed by atoms with Crippen LogP contribution < -0.4 is 10.6 Å². The lowest BCUT2D eigenvalue weighted by Gasteiger charge is -2.17. The summed E-state index contributed by atoms with van der Waals surface area (Å²) in [5, 5.41) is 4.36. The molecule has 0 saturated heterocycles. The first-order valence-corrected chi connectivity index (χ1v) is 6.86. The summed E-state index contributed by atoms with van der Waals surface area (Å²) in [7, 11) is 0. The Morgan fingerprint density at radius 2 is 1.77 bits per heavy atom. The van der Waals surface area contributed by atoms with E-state index in [-0.39, 0.29) is 5.92 Å². The number of anilines is 1. The molecular weight excluding hydrogens is 297 g/mol. The summed E-state index contributed by atoms with van der Waals surface area (Å²) in [5.74, 6) is -5.66. The molecule has 0 unspecified atom stereocenters. The molecule has 7 heteroatoms. The molecule has 1 aromatic carbocycles. The highest BCUT2D eigenvalue weighted by Crippen LogP contribution is 2.19. The average Bonchev–Trinajstić information content (AvgIpc) is 2.51. The molecule has 0 aromatic heterocycles. The minimum Gasteiger partial charge on any atom is -0.348 e. The maximum absolute atomic E-state index is 13.4. The summed E-state index contributed by atoms with van der Waals surface area (Å²) in [6, 6.07) is 0.791. The van der Waals surface area contributed by atoms with Crippen LogP contribution in [-0.4, -0.2) is 18.4 Å². The molecule has 118 valence electrons. The monoisotopic (exact) mass is 312 g/mol. The molecule has 4 nitrogen and oxygen atoms in total. The van der Waals surface area contributed by atoms with Gasteiger partial charge in [0.15, 0.2) is 11.6 Å². The number of carbonyl (C=O) groups excluding carboxylic acids is 2. The molecule has 0 heterocycles. The van der Waals surface area contributed by atoms with Gasteiger partial charge in [-0.05, 0) is 25.2 Å². The lowest BCUT2D eigenvalue weighted by atomic mass is 9.94. The standard InChI is InChI=1S/C15H15F3N2O2/c16-10-6-12(18)13(7-11(10)17)20-15(22)14(21)19-8-9-4-2-1-3-5-9/h1-2,6-7,9H,3-5,8H2,(H,19,21)(H,20,22)/t9-/m0/s1. The van der Waals surface area contributed by atoms with Crippen molar-refractivity contribution in [3.8, 4) is 0 Å².